The molecule has 8 rings (SSSR count). The van der Waals surface area contributed by atoms with Gasteiger partial charge in [-0.05, 0) is 61.4 Å². The van der Waals surface area contributed by atoms with Crippen molar-refractivity contribution in [1.29, 1.82) is 0 Å². The predicted octanol–water partition coefficient (Wildman–Crippen LogP) is 7.24. The molecule has 1 fully saturated rings. The van der Waals surface area contributed by atoms with Crippen LogP contribution in [-0.2, 0) is 17.9 Å². The van der Waals surface area contributed by atoms with Crippen LogP contribution in [0.25, 0.3) is 39.4 Å². The standard InChI is InChI=1S/C37H34ClFN8O2/c1-23-16-31(44-43-23)33-19-46(22-40-33)28-8-9-34-32(18-28)41-36(47(34)24(2)35-12-15-48-35)20-45-13-10-25(11-14-45)30-4-3-5-37(42-30)49-21-26-6-7-27(38)17-29(26)39/h3-10,16-19,22,35H,2,11-15,20-21H2,1H3,(H,43,44)/t35-/m0/s1. The molecule has 248 valence electrons. The highest BCUT2D eigenvalue weighted by molar-refractivity contribution is 6.30. The maximum absolute atomic E-state index is 14.2. The first-order valence-corrected chi connectivity index (χ1v) is 16.6. The summed E-state index contributed by atoms with van der Waals surface area (Å²) in [4.78, 5) is 16.8. The molecule has 0 amide bonds. The van der Waals surface area contributed by atoms with Crippen LogP contribution >= 0.6 is 11.6 Å². The second-order valence-corrected chi connectivity index (χ2v) is 12.8. The number of nitrogens with zero attached hydrogens (tertiary/aromatic N) is 7. The number of imidazole rings is 2. The molecule has 1 N–H and O–H groups in total. The number of aromatic amines is 1. The monoisotopic (exact) mass is 676 g/mol. The number of H-pyrrole nitrogens is 1. The van der Waals surface area contributed by atoms with Crippen molar-refractivity contribution >= 4 is 33.9 Å². The Balaban J connectivity index is 1.00. The molecule has 4 aromatic heterocycles. The zero-order chi connectivity index (χ0) is 33.5. The minimum atomic E-state index is -0.399. The van der Waals surface area contributed by atoms with Gasteiger partial charge in [-0.2, -0.15) is 5.10 Å². The number of hydrogen-bond acceptors (Lipinski definition) is 7. The summed E-state index contributed by atoms with van der Waals surface area (Å²) >= 11 is 5.88. The van der Waals surface area contributed by atoms with Gasteiger partial charge in [0, 0.05) is 59.4 Å². The summed E-state index contributed by atoms with van der Waals surface area (Å²) < 4.78 is 30.1. The Morgan fingerprint density at radius 2 is 2.00 bits per heavy atom. The van der Waals surface area contributed by atoms with Crippen molar-refractivity contribution in [2.45, 2.75) is 39.0 Å². The van der Waals surface area contributed by atoms with E-state index in [2.05, 4.69) is 55.5 Å². The Labute approximate surface area is 287 Å². The fourth-order valence-corrected chi connectivity index (χ4v) is 6.40. The number of aryl methyl sites for hydroxylation is 1. The number of halogens is 2. The molecular weight excluding hydrogens is 643 g/mol. The van der Waals surface area contributed by atoms with Gasteiger partial charge in [0.05, 0.1) is 42.3 Å². The van der Waals surface area contributed by atoms with Crippen molar-refractivity contribution in [2.75, 3.05) is 19.7 Å². The Morgan fingerprint density at radius 3 is 2.76 bits per heavy atom. The van der Waals surface area contributed by atoms with E-state index in [1.54, 1.807) is 24.5 Å². The van der Waals surface area contributed by atoms with E-state index in [0.717, 1.165) is 89.1 Å². The number of nitrogens with one attached hydrogen (secondary N) is 1. The molecule has 0 unspecified atom stereocenters. The van der Waals surface area contributed by atoms with Crippen molar-refractivity contribution < 1.29 is 13.9 Å². The van der Waals surface area contributed by atoms with Gasteiger partial charge in [0.1, 0.15) is 29.6 Å². The quantitative estimate of drug-likeness (QED) is 0.163. The maximum Gasteiger partial charge on any atom is 0.214 e. The molecule has 2 aliphatic heterocycles. The Hall–Kier alpha value is -5.10. The van der Waals surface area contributed by atoms with E-state index in [1.165, 1.54) is 6.07 Å². The fourth-order valence-electron chi connectivity index (χ4n) is 6.25. The number of fused-ring (bicyclic) bond motifs is 1. The van der Waals surface area contributed by atoms with Crippen LogP contribution in [0.4, 0.5) is 4.39 Å². The summed E-state index contributed by atoms with van der Waals surface area (Å²) in [5.41, 5.74) is 8.76. The lowest BCUT2D eigenvalue weighted by Gasteiger charge is -2.31. The molecule has 12 heteroatoms. The second-order valence-electron chi connectivity index (χ2n) is 12.4. The summed E-state index contributed by atoms with van der Waals surface area (Å²) in [6, 6.07) is 18.5. The van der Waals surface area contributed by atoms with Gasteiger partial charge in [-0.25, -0.2) is 19.3 Å². The largest absolute Gasteiger partial charge is 0.473 e. The lowest BCUT2D eigenvalue weighted by Crippen LogP contribution is -2.32. The van der Waals surface area contributed by atoms with Crippen LogP contribution in [0.1, 0.15) is 35.6 Å². The van der Waals surface area contributed by atoms with Crippen molar-refractivity contribution in [1.82, 2.24) is 39.2 Å². The maximum atomic E-state index is 14.2. The number of hydrogen-bond donors (Lipinski definition) is 1. The highest BCUT2D eigenvalue weighted by atomic mass is 35.5. The SMILES string of the molecule is C=C([C@@H]1CCO1)n1c(CN2CC=C(c3cccc(OCc4ccc(Cl)cc4F)n3)CC2)nc2cc(-n3cnc(-c4cc(C)[nH]n4)c3)ccc21. The lowest BCUT2D eigenvalue weighted by atomic mass is 10.0. The van der Waals surface area contributed by atoms with E-state index in [-0.39, 0.29) is 12.7 Å². The molecule has 6 aromatic rings. The minimum Gasteiger partial charge on any atom is -0.473 e. The average molecular weight is 677 g/mol. The summed E-state index contributed by atoms with van der Waals surface area (Å²) in [5.74, 6) is 0.971. The molecule has 49 heavy (non-hydrogen) atoms. The van der Waals surface area contributed by atoms with Gasteiger partial charge in [-0.3, -0.25) is 14.6 Å². The van der Waals surface area contributed by atoms with E-state index in [1.807, 2.05) is 35.9 Å². The normalized spacial score (nSPS) is 16.5. The first-order chi connectivity index (χ1) is 23.9. The smallest absolute Gasteiger partial charge is 0.214 e. The summed E-state index contributed by atoms with van der Waals surface area (Å²) in [5, 5.41) is 7.67. The Kier molecular flexibility index (Phi) is 8.32. The molecule has 0 bridgehead atoms. The van der Waals surface area contributed by atoms with Gasteiger partial charge in [0.2, 0.25) is 5.88 Å². The number of benzene rings is 2. The molecule has 0 aliphatic carbocycles. The predicted molar refractivity (Wildman–Crippen MR) is 187 cm³/mol. The van der Waals surface area contributed by atoms with Crippen LogP contribution in [-0.4, -0.2) is 65.0 Å². The molecule has 6 heterocycles. The summed E-state index contributed by atoms with van der Waals surface area (Å²) in [6.07, 6.45) is 7.73. The van der Waals surface area contributed by atoms with Crippen LogP contribution in [0.2, 0.25) is 5.02 Å². The number of aromatic nitrogens is 7. The third kappa shape index (κ3) is 6.40. The van der Waals surface area contributed by atoms with Gasteiger partial charge in [0.25, 0.3) is 0 Å². The van der Waals surface area contributed by atoms with Crippen molar-refractivity contribution in [2.24, 2.45) is 0 Å². The molecule has 0 radical (unpaired) electrons. The van der Waals surface area contributed by atoms with Crippen LogP contribution in [0.3, 0.4) is 0 Å². The van der Waals surface area contributed by atoms with Crippen LogP contribution < -0.4 is 4.74 Å². The zero-order valence-corrected chi connectivity index (χ0v) is 27.7. The highest BCUT2D eigenvalue weighted by Crippen LogP contribution is 2.31. The van der Waals surface area contributed by atoms with Crippen LogP contribution in [0, 0.1) is 12.7 Å². The van der Waals surface area contributed by atoms with Gasteiger partial charge in [0.15, 0.2) is 0 Å². The summed E-state index contributed by atoms with van der Waals surface area (Å²) in [6.45, 7) is 9.45. The van der Waals surface area contributed by atoms with Crippen LogP contribution in [0.15, 0.2) is 85.8 Å². The zero-order valence-electron chi connectivity index (χ0n) is 26.9. The van der Waals surface area contributed by atoms with E-state index >= 15 is 0 Å². The van der Waals surface area contributed by atoms with Crippen molar-refractivity contribution in [3.63, 3.8) is 0 Å². The van der Waals surface area contributed by atoms with Gasteiger partial charge in [-0.15, -0.1) is 0 Å². The van der Waals surface area contributed by atoms with E-state index < -0.39 is 5.82 Å². The summed E-state index contributed by atoms with van der Waals surface area (Å²) in [7, 11) is 0. The average Bonchev–Trinajstić information content (AvgIpc) is 3.82. The highest BCUT2D eigenvalue weighted by Gasteiger charge is 2.27. The van der Waals surface area contributed by atoms with Gasteiger partial charge in [-0.1, -0.05) is 36.4 Å². The van der Waals surface area contributed by atoms with Crippen molar-refractivity contribution in [3.8, 4) is 23.0 Å². The number of rotatable bonds is 10. The number of pyridine rings is 1. The van der Waals surface area contributed by atoms with Gasteiger partial charge < -0.3 is 14.0 Å². The molecule has 0 spiro atoms. The third-order valence-corrected chi connectivity index (χ3v) is 9.25. The molecule has 1 atom stereocenters. The topological polar surface area (TPSA) is 98.9 Å². The number of ether oxygens (including phenoxy) is 2. The molecule has 2 aliphatic rings. The third-order valence-electron chi connectivity index (χ3n) is 9.02. The Morgan fingerprint density at radius 1 is 1.10 bits per heavy atom. The van der Waals surface area contributed by atoms with Crippen LogP contribution in [0.5, 0.6) is 5.88 Å². The van der Waals surface area contributed by atoms with E-state index in [9.17, 15) is 4.39 Å². The molecule has 2 aromatic carbocycles. The lowest BCUT2D eigenvalue weighted by molar-refractivity contribution is -0.0147. The van der Waals surface area contributed by atoms with Gasteiger partial charge >= 0.3 is 0 Å². The second kappa shape index (κ2) is 13.1. The Bertz CT molecular complexity index is 2210. The molecule has 1 saturated heterocycles. The molecule has 10 nitrogen and oxygen atoms in total. The molecule has 0 saturated carbocycles. The fraction of sp³-hybridized carbons (Fsp3) is 0.243. The first kappa shape index (κ1) is 31.2. The van der Waals surface area contributed by atoms with Crippen molar-refractivity contribution in [3.05, 3.63) is 119 Å². The first-order valence-electron chi connectivity index (χ1n) is 16.2. The van der Waals surface area contributed by atoms with E-state index in [0.29, 0.717) is 23.0 Å². The molecular formula is C37H34ClFN8O2. The minimum absolute atomic E-state index is 0.0195. The van der Waals surface area contributed by atoms with E-state index in [4.69, 9.17) is 31.0 Å².